The van der Waals surface area contributed by atoms with E-state index in [1.165, 1.54) is 18.4 Å². The third-order valence-electron chi connectivity index (χ3n) is 4.10. The summed E-state index contributed by atoms with van der Waals surface area (Å²) in [6.07, 6.45) is 4.92. The zero-order chi connectivity index (χ0) is 14.4. The zero-order valence-electron chi connectivity index (χ0n) is 12.6. The fraction of sp³-hybridized carbons (Fsp3) is 0.588. The molecule has 2 rings (SSSR count). The molecule has 1 N–H and O–H groups in total. The van der Waals surface area contributed by atoms with Gasteiger partial charge in [0.1, 0.15) is 0 Å². The van der Waals surface area contributed by atoms with Crippen molar-refractivity contribution in [1.82, 2.24) is 5.32 Å². The van der Waals surface area contributed by atoms with E-state index >= 15 is 0 Å². The third kappa shape index (κ3) is 4.07. The van der Waals surface area contributed by atoms with Crippen molar-refractivity contribution < 1.29 is 4.79 Å². The van der Waals surface area contributed by atoms with Crippen molar-refractivity contribution in [2.24, 2.45) is 5.92 Å². The average molecular weight is 273 g/mol. The first kappa shape index (κ1) is 15.0. The minimum atomic E-state index is 0.138. The van der Waals surface area contributed by atoms with Crippen LogP contribution < -0.4 is 10.6 Å². The zero-order valence-corrected chi connectivity index (χ0v) is 12.6. The van der Waals surface area contributed by atoms with Crippen molar-refractivity contribution in [2.75, 3.05) is 18.4 Å². The number of aryl methyl sites for hydroxylation is 2. The largest absolute Gasteiger partial charge is 0.326 e. The van der Waals surface area contributed by atoms with E-state index in [1.54, 1.807) is 0 Å². The van der Waals surface area contributed by atoms with E-state index < -0.39 is 0 Å². The van der Waals surface area contributed by atoms with Crippen molar-refractivity contribution in [1.29, 1.82) is 0 Å². The molecule has 3 nitrogen and oxygen atoms in total. The van der Waals surface area contributed by atoms with Gasteiger partial charge in [0.15, 0.2) is 0 Å². The van der Waals surface area contributed by atoms with Crippen LogP contribution in [0, 0.1) is 12.8 Å². The van der Waals surface area contributed by atoms with Crippen LogP contribution in [0.4, 0.5) is 5.69 Å². The van der Waals surface area contributed by atoms with Gasteiger partial charge in [-0.1, -0.05) is 25.1 Å². The van der Waals surface area contributed by atoms with Crippen molar-refractivity contribution >= 4 is 11.6 Å². The van der Waals surface area contributed by atoms with Crippen LogP contribution in [0.25, 0.3) is 0 Å². The summed E-state index contributed by atoms with van der Waals surface area (Å²) in [5, 5.41) is 7.53. The highest BCUT2D eigenvalue weighted by molar-refractivity contribution is 5.92. The Balaban J connectivity index is 1.88. The molecule has 0 saturated carbocycles. The van der Waals surface area contributed by atoms with E-state index in [0.717, 1.165) is 37.2 Å². The lowest BCUT2D eigenvalue weighted by atomic mass is 9.94. The molecule has 1 aromatic carbocycles. The lowest BCUT2D eigenvalue weighted by Crippen LogP contribution is -2.25. The van der Waals surface area contributed by atoms with Gasteiger partial charge in [-0.15, -0.1) is 0 Å². The highest BCUT2D eigenvalue weighted by Gasteiger charge is 2.16. The Kier molecular flexibility index (Phi) is 5.60. The molecule has 0 spiro atoms. The van der Waals surface area contributed by atoms with Crippen molar-refractivity contribution in [3.05, 3.63) is 29.3 Å². The van der Waals surface area contributed by atoms with E-state index in [0.29, 0.717) is 12.3 Å². The van der Waals surface area contributed by atoms with Crippen molar-refractivity contribution in [2.45, 2.75) is 46.0 Å². The monoisotopic (exact) mass is 273 g/mol. The van der Waals surface area contributed by atoms with Crippen LogP contribution in [0.15, 0.2) is 18.2 Å². The lowest BCUT2D eigenvalue weighted by Gasteiger charge is -2.21. The number of nitrogens with one attached hydrogen (secondary N) is 1. The summed E-state index contributed by atoms with van der Waals surface area (Å²) in [4.78, 5) is 12.1. The molecule has 0 aromatic heterocycles. The fourth-order valence-corrected chi connectivity index (χ4v) is 2.83. The topological polar surface area (TPSA) is 43.2 Å². The maximum absolute atomic E-state index is 12.1. The number of hydrogen-bond acceptors (Lipinski definition) is 1. The minimum absolute atomic E-state index is 0.138. The van der Waals surface area contributed by atoms with Crippen LogP contribution in [0.2, 0.25) is 0 Å². The molecule has 1 aliphatic heterocycles. The molecule has 20 heavy (non-hydrogen) atoms. The second-order valence-electron chi connectivity index (χ2n) is 5.69. The molecule has 1 fully saturated rings. The molecule has 1 radical (unpaired) electrons. The van der Waals surface area contributed by atoms with Crippen LogP contribution in [0.5, 0.6) is 0 Å². The van der Waals surface area contributed by atoms with Gasteiger partial charge in [0.05, 0.1) is 0 Å². The van der Waals surface area contributed by atoms with Gasteiger partial charge in [0.25, 0.3) is 0 Å². The molecule has 1 aliphatic rings. The second kappa shape index (κ2) is 7.44. The Morgan fingerprint density at radius 1 is 1.45 bits per heavy atom. The normalized spacial score (nSPS) is 18.8. The predicted octanol–water partition coefficient (Wildman–Crippen LogP) is 3.29. The minimum Gasteiger partial charge on any atom is -0.326 e. The number of hydrogen-bond donors (Lipinski definition) is 1. The van der Waals surface area contributed by atoms with E-state index in [2.05, 4.69) is 36.6 Å². The quantitative estimate of drug-likeness (QED) is 0.879. The molecule has 1 aromatic rings. The Morgan fingerprint density at radius 2 is 2.30 bits per heavy atom. The Morgan fingerprint density at radius 3 is 3.00 bits per heavy atom. The maximum Gasteiger partial charge on any atom is 0.224 e. The molecule has 109 valence electrons. The van der Waals surface area contributed by atoms with Gasteiger partial charge in [-0.3, -0.25) is 4.79 Å². The molecule has 1 unspecified atom stereocenters. The van der Waals surface area contributed by atoms with Gasteiger partial charge in [0, 0.05) is 25.2 Å². The summed E-state index contributed by atoms with van der Waals surface area (Å²) >= 11 is 0. The van der Waals surface area contributed by atoms with Gasteiger partial charge in [-0.05, 0) is 49.7 Å². The summed E-state index contributed by atoms with van der Waals surface area (Å²) < 4.78 is 0. The van der Waals surface area contributed by atoms with Crippen LogP contribution in [0.3, 0.4) is 0 Å². The Hall–Kier alpha value is -1.35. The number of nitrogens with zero attached hydrogens (tertiary/aromatic N) is 1. The number of piperidine rings is 1. The van der Waals surface area contributed by atoms with Gasteiger partial charge in [-0.25, -0.2) is 5.32 Å². The molecule has 0 aliphatic carbocycles. The van der Waals surface area contributed by atoms with Crippen LogP contribution >= 0.6 is 0 Å². The number of anilines is 1. The van der Waals surface area contributed by atoms with E-state index in [1.807, 2.05) is 6.07 Å². The SMILES string of the molecule is CCc1cccc(C)c1NC(=O)CCC1CCC[N]C1. The average Bonchev–Trinajstić information content (AvgIpc) is 2.48. The first-order valence-electron chi connectivity index (χ1n) is 7.72. The number of carbonyl (C=O) groups excluding carboxylic acids is 1. The Bertz CT molecular complexity index is 450. The van der Waals surface area contributed by atoms with Crippen molar-refractivity contribution in [3.8, 4) is 0 Å². The molecule has 1 atom stereocenters. The van der Waals surface area contributed by atoms with Crippen LogP contribution in [0.1, 0.15) is 43.7 Å². The predicted molar refractivity (Wildman–Crippen MR) is 83.0 cm³/mol. The summed E-state index contributed by atoms with van der Waals surface area (Å²) in [6, 6.07) is 6.19. The highest BCUT2D eigenvalue weighted by Crippen LogP contribution is 2.22. The molecule has 1 saturated heterocycles. The molecule has 0 bridgehead atoms. The summed E-state index contributed by atoms with van der Waals surface area (Å²) in [5.74, 6) is 0.747. The smallest absolute Gasteiger partial charge is 0.224 e. The van der Waals surface area contributed by atoms with E-state index in [-0.39, 0.29) is 5.91 Å². The van der Waals surface area contributed by atoms with E-state index in [4.69, 9.17) is 0 Å². The second-order valence-corrected chi connectivity index (χ2v) is 5.69. The molecule has 3 heteroatoms. The number of amides is 1. The van der Waals surface area contributed by atoms with Crippen LogP contribution in [-0.2, 0) is 11.2 Å². The maximum atomic E-state index is 12.1. The van der Waals surface area contributed by atoms with Gasteiger partial charge >= 0.3 is 0 Å². The standard InChI is InChI=1S/C17H25N2O/c1-3-15-8-4-6-13(2)17(15)19-16(20)10-9-14-7-5-11-18-12-14/h4,6,8,14H,3,5,7,9-12H2,1-2H3,(H,19,20). The molecular formula is C17H25N2O. The highest BCUT2D eigenvalue weighted by atomic mass is 16.1. The summed E-state index contributed by atoms with van der Waals surface area (Å²) in [7, 11) is 0. The number of carbonyl (C=O) groups is 1. The Labute approximate surface area is 122 Å². The molecule has 1 heterocycles. The molecular weight excluding hydrogens is 248 g/mol. The number of benzene rings is 1. The summed E-state index contributed by atoms with van der Waals surface area (Å²) in [6.45, 7) is 6.12. The van der Waals surface area contributed by atoms with Crippen molar-refractivity contribution in [3.63, 3.8) is 0 Å². The lowest BCUT2D eigenvalue weighted by molar-refractivity contribution is -0.116. The van der Waals surface area contributed by atoms with Gasteiger partial charge < -0.3 is 5.32 Å². The summed E-state index contributed by atoms with van der Waals surface area (Å²) in [5.41, 5.74) is 3.37. The number of para-hydroxylation sites is 1. The third-order valence-corrected chi connectivity index (χ3v) is 4.10. The van der Waals surface area contributed by atoms with Gasteiger partial charge in [0.2, 0.25) is 5.91 Å². The number of rotatable bonds is 5. The first-order valence-corrected chi connectivity index (χ1v) is 7.72. The first-order chi connectivity index (χ1) is 9.70. The van der Waals surface area contributed by atoms with Gasteiger partial charge in [-0.2, -0.15) is 0 Å². The van der Waals surface area contributed by atoms with E-state index in [9.17, 15) is 4.79 Å². The molecule has 1 amide bonds. The fourth-order valence-electron chi connectivity index (χ4n) is 2.83. The van der Waals surface area contributed by atoms with Crippen LogP contribution in [-0.4, -0.2) is 19.0 Å².